The maximum absolute atomic E-state index is 4.18. The van der Waals surface area contributed by atoms with E-state index in [4.69, 9.17) is 0 Å². The van der Waals surface area contributed by atoms with Crippen molar-refractivity contribution in [1.82, 2.24) is 0 Å². The van der Waals surface area contributed by atoms with Crippen molar-refractivity contribution in [3.63, 3.8) is 0 Å². The van der Waals surface area contributed by atoms with Crippen LogP contribution in [-0.4, -0.2) is 0 Å². The molecular formula is C13H26. The zero-order valence-electron chi connectivity index (χ0n) is 9.73. The first-order chi connectivity index (χ1) is 6.22. The van der Waals surface area contributed by atoms with Gasteiger partial charge in [-0.25, -0.2) is 0 Å². The van der Waals surface area contributed by atoms with Gasteiger partial charge in [0.1, 0.15) is 0 Å². The Bertz CT molecular complexity index is 124. The molecule has 0 aliphatic carbocycles. The minimum absolute atomic E-state index is 0.747. The molecule has 0 N–H and O–H groups in total. The molecule has 0 aromatic rings. The van der Waals surface area contributed by atoms with Crippen LogP contribution in [0.4, 0.5) is 0 Å². The van der Waals surface area contributed by atoms with Crippen molar-refractivity contribution in [1.29, 1.82) is 0 Å². The van der Waals surface area contributed by atoms with Crippen LogP contribution in [0.1, 0.15) is 65.7 Å². The highest BCUT2D eigenvalue weighted by atomic mass is 14.1. The van der Waals surface area contributed by atoms with Gasteiger partial charge in [-0.15, -0.1) is 0 Å². The van der Waals surface area contributed by atoms with Crippen LogP contribution in [0.2, 0.25) is 0 Å². The van der Waals surface area contributed by atoms with E-state index in [1.54, 1.807) is 0 Å². The maximum Gasteiger partial charge on any atom is -0.0234 e. The van der Waals surface area contributed by atoms with E-state index in [-0.39, 0.29) is 0 Å². The summed E-state index contributed by atoms with van der Waals surface area (Å²) in [5.41, 5.74) is 1.47. The van der Waals surface area contributed by atoms with E-state index in [0.717, 1.165) is 5.92 Å². The first kappa shape index (κ1) is 12.7. The Kier molecular flexibility index (Phi) is 8.18. The summed E-state index contributed by atoms with van der Waals surface area (Å²) in [5.74, 6) is 0.747. The molecule has 0 spiro atoms. The molecule has 0 aliphatic heterocycles. The molecule has 0 nitrogen and oxygen atoms in total. The fourth-order valence-corrected chi connectivity index (χ4v) is 1.56. The minimum atomic E-state index is 0.747. The van der Waals surface area contributed by atoms with Gasteiger partial charge in [-0.3, -0.25) is 0 Å². The molecule has 0 fully saturated rings. The Balaban J connectivity index is 3.45. The average Bonchev–Trinajstić information content (AvgIpc) is 2.14. The second-order valence-corrected chi connectivity index (χ2v) is 4.16. The van der Waals surface area contributed by atoms with Gasteiger partial charge in [0.25, 0.3) is 0 Å². The molecule has 0 heteroatoms. The first-order valence-electron chi connectivity index (χ1n) is 5.90. The third-order valence-corrected chi connectivity index (χ3v) is 2.79. The Morgan fingerprint density at radius 1 is 1.08 bits per heavy atom. The van der Waals surface area contributed by atoms with Crippen LogP contribution in [0.25, 0.3) is 0 Å². The van der Waals surface area contributed by atoms with E-state index in [1.807, 2.05) is 0 Å². The van der Waals surface area contributed by atoms with Gasteiger partial charge in [0.15, 0.2) is 0 Å². The minimum Gasteiger partial charge on any atom is -0.0996 e. The summed E-state index contributed by atoms with van der Waals surface area (Å²) in [5, 5.41) is 0. The van der Waals surface area contributed by atoms with E-state index >= 15 is 0 Å². The van der Waals surface area contributed by atoms with E-state index < -0.39 is 0 Å². The molecule has 1 atom stereocenters. The fourth-order valence-electron chi connectivity index (χ4n) is 1.56. The van der Waals surface area contributed by atoms with Crippen molar-refractivity contribution in [2.24, 2.45) is 5.92 Å². The van der Waals surface area contributed by atoms with E-state index in [9.17, 15) is 0 Å². The Hall–Kier alpha value is -0.260. The van der Waals surface area contributed by atoms with Crippen LogP contribution in [0.15, 0.2) is 12.2 Å². The predicted molar refractivity (Wildman–Crippen MR) is 62.0 cm³/mol. The molecule has 0 bridgehead atoms. The lowest BCUT2D eigenvalue weighted by Crippen LogP contribution is -1.98. The topological polar surface area (TPSA) is 0 Å². The van der Waals surface area contributed by atoms with Gasteiger partial charge < -0.3 is 0 Å². The lowest BCUT2D eigenvalue weighted by atomic mass is 9.93. The Morgan fingerprint density at radius 2 is 1.69 bits per heavy atom. The molecule has 0 rings (SSSR count). The lowest BCUT2D eigenvalue weighted by molar-refractivity contribution is 0.544. The zero-order chi connectivity index (χ0) is 10.1. The van der Waals surface area contributed by atoms with Gasteiger partial charge in [0.05, 0.1) is 0 Å². The van der Waals surface area contributed by atoms with Crippen molar-refractivity contribution < 1.29 is 0 Å². The SMILES string of the molecule is C=C(CCCCC)C(C)CCCC. The van der Waals surface area contributed by atoms with E-state index in [0.29, 0.717) is 0 Å². The molecule has 0 aromatic heterocycles. The summed E-state index contributed by atoms with van der Waals surface area (Å²) >= 11 is 0. The molecule has 13 heavy (non-hydrogen) atoms. The van der Waals surface area contributed by atoms with Gasteiger partial charge in [-0.2, -0.15) is 0 Å². The zero-order valence-corrected chi connectivity index (χ0v) is 9.73. The van der Waals surface area contributed by atoms with E-state index in [1.165, 1.54) is 50.5 Å². The maximum atomic E-state index is 4.18. The molecule has 0 aromatic carbocycles. The van der Waals surface area contributed by atoms with Crippen LogP contribution in [0.3, 0.4) is 0 Å². The van der Waals surface area contributed by atoms with Crippen LogP contribution in [0, 0.1) is 5.92 Å². The highest BCUT2D eigenvalue weighted by Gasteiger charge is 2.04. The second kappa shape index (κ2) is 8.34. The summed E-state index contributed by atoms with van der Waals surface area (Å²) < 4.78 is 0. The third kappa shape index (κ3) is 6.86. The summed E-state index contributed by atoms with van der Waals surface area (Å²) in [7, 11) is 0. The van der Waals surface area contributed by atoms with Crippen LogP contribution < -0.4 is 0 Å². The van der Waals surface area contributed by atoms with Crippen molar-refractivity contribution in [3.8, 4) is 0 Å². The van der Waals surface area contributed by atoms with Crippen molar-refractivity contribution >= 4 is 0 Å². The first-order valence-corrected chi connectivity index (χ1v) is 5.90. The van der Waals surface area contributed by atoms with Gasteiger partial charge in [0.2, 0.25) is 0 Å². The molecule has 0 radical (unpaired) electrons. The highest BCUT2D eigenvalue weighted by Crippen LogP contribution is 2.20. The molecule has 0 amide bonds. The molecule has 0 aliphatic rings. The predicted octanol–water partition coefficient (Wildman–Crippen LogP) is 4.95. The number of hydrogen-bond donors (Lipinski definition) is 0. The third-order valence-electron chi connectivity index (χ3n) is 2.79. The largest absolute Gasteiger partial charge is 0.0996 e. The quantitative estimate of drug-likeness (QED) is 0.368. The molecule has 78 valence electrons. The lowest BCUT2D eigenvalue weighted by Gasteiger charge is -2.13. The van der Waals surface area contributed by atoms with Gasteiger partial charge in [-0.1, -0.05) is 58.6 Å². The molecule has 0 saturated heterocycles. The summed E-state index contributed by atoms with van der Waals surface area (Å²) in [6.45, 7) is 11.0. The highest BCUT2D eigenvalue weighted by molar-refractivity contribution is 4.98. The molecule has 1 unspecified atom stereocenters. The number of allylic oxidation sites excluding steroid dienone is 1. The van der Waals surface area contributed by atoms with Gasteiger partial charge in [-0.05, 0) is 25.2 Å². The van der Waals surface area contributed by atoms with Crippen molar-refractivity contribution in [3.05, 3.63) is 12.2 Å². The number of rotatable bonds is 8. The number of unbranched alkanes of at least 4 members (excludes halogenated alkanes) is 3. The normalized spacial score (nSPS) is 12.8. The van der Waals surface area contributed by atoms with Gasteiger partial charge in [0, 0.05) is 0 Å². The Morgan fingerprint density at radius 3 is 2.23 bits per heavy atom. The Labute approximate surface area is 84.4 Å². The summed E-state index contributed by atoms with van der Waals surface area (Å²) in [6.07, 6.45) is 9.27. The smallest absolute Gasteiger partial charge is 0.0234 e. The van der Waals surface area contributed by atoms with Crippen LogP contribution in [-0.2, 0) is 0 Å². The summed E-state index contributed by atoms with van der Waals surface area (Å²) in [6, 6.07) is 0. The molecular weight excluding hydrogens is 156 g/mol. The second-order valence-electron chi connectivity index (χ2n) is 4.16. The standard InChI is InChI=1S/C13H26/c1-5-7-9-11-13(4)12(3)10-8-6-2/h12H,4-11H2,1-3H3. The molecule has 0 heterocycles. The van der Waals surface area contributed by atoms with Crippen LogP contribution in [0.5, 0.6) is 0 Å². The van der Waals surface area contributed by atoms with E-state index in [2.05, 4.69) is 27.4 Å². The van der Waals surface area contributed by atoms with Crippen molar-refractivity contribution in [2.45, 2.75) is 65.7 Å². The number of hydrogen-bond acceptors (Lipinski definition) is 0. The fraction of sp³-hybridized carbons (Fsp3) is 0.846. The average molecular weight is 182 g/mol. The monoisotopic (exact) mass is 182 g/mol. The summed E-state index contributed by atoms with van der Waals surface area (Å²) in [4.78, 5) is 0. The van der Waals surface area contributed by atoms with Crippen molar-refractivity contribution in [2.75, 3.05) is 0 Å². The van der Waals surface area contributed by atoms with Gasteiger partial charge >= 0.3 is 0 Å². The van der Waals surface area contributed by atoms with Crippen LogP contribution >= 0.6 is 0 Å². The molecule has 0 saturated carbocycles.